The lowest BCUT2D eigenvalue weighted by Crippen LogP contribution is -2.43. The summed E-state index contributed by atoms with van der Waals surface area (Å²) in [5.41, 5.74) is 6.55. The Bertz CT molecular complexity index is 1900. The van der Waals surface area contributed by atoms with Crippen molar-refractivity contribution in [3.8, 4) is 17.3 Å². The van der Waals surface area contributed by atoms with Crippen LogP contribution in [0.3, 0.4) is 0 Å². The molecule has 3 saturated heterocycles. The van der Waals surface area contributed by atoms with Crippen LogP contribution in [0.1, 0.15) is 56.4 Å². The maximum atomic E-state index is 17.1. The van der Waals surface area contributed by atoms with Gasteiger partial charge in [-0.1, -0.05) is 11.6 Å². The SMILES string of the molecule is NC(=O)OCC[C@H]1C[C@H]1c1c(Cl)cc2[nH]ncc2c1-c1ncc2c(N3CCC[C@H](F)C3)nc(OC[C@@]34CCCN3C[C@H](F)C4)nc2c1F. The zero-order valence-electron chi connectivity index (χ0n) is 26.2. The number of fused-ring (bicyclic) bond motifs is 3. The molecule has 3 N–H and O–H groups in total. The molecule has 1 aliphatic carbocycles. The molecule has 15 heteroatoms. The Kier molecular flexibility index (Phi) is 7.97. The smallest absolute Gasteiger partial charge is 0.404 e. The predicted octanol–water partition coefficient (Wildman–Crippen LogP) is 5.84. The maximum Gasteiger partial charge on any atom is 0.404 e. The number of ether oxygens (including phenoxy) is 2. The summed E-state index contributed by atoms with van der Waals surface area (Å²) < 4.78 is 57.4. The first-order valence-corrected chi connectivity index (χ1v) is 16.9. The van der Waals surface area contributed by atoms with Gasteiger partial charge in [-0.25, -0.2) is 18.0 Å². The number of piperidine rings is 1. The predicted molar refractivity (Wildman–Crippen MR) is 173 cm³/mol. The minimum Gasteiger partial charge on any atom is -0.461 e. The number of anilines is 1. The van der Waals surface area contributed by atoms with Crippen LogP contribution in [0.5, 0.6) is 6.01 Å². The number of carbonyl (C=O) groups is 1. The number of pyridine rings is 1. The van der Waals surface area contributed by atoms with Gasteiger partial charge in [-0.05, 0) is 68.5 Å². The van der Waals surface area contributed by atoms with Crippen molar-refractivity contribution in [1.82, 2.24) is 30.0 Å². The number of hydrogen-bond acceptors (Lipinski definition) is 9. The zero-order valence-corrected chi connectivity index (χ0v) is 27.0. The lowest BCUT2D eigenvalue weighted by Gasteiger charge is -2.32. The Morgan fingerprint density at radius 1 is 1.15 bits per heavy atom. The van der Waals surface area contributed by atoms with E-state index in [9.17, 15) is 13.6 Å². The van der Waals surface area contributed by atoms with Crippen LogP contribution in [0, 0.1) is 11.7 Å². The molecule has 4 aromatic rings. The van der Waals surface area contributed by atoms with E-state index in [1.807, 2.05) is 0 Å². The van der Waals surface area contributed by atoms with Gasteiger partial charge < -0.3 is 20.1 Å². The number of nitrogens with zero attached hydrogens (tertiary/aromatic N) is 6. The number of amides is 1. The molecule has 1 amide bonds. The third-order valence-electron chi connectivity index (χ3n) is 10.5. The molecule has 0 radical (unpaired) electrons. The van der Waals surface area contributed by atoms with Crippen molar-refractivity contribution in [3.63, 3.8) is 0 Å². The summed E-state index contributed by atoms with van der Waals surface area (Å²) >= 11 is 6.87. The molecule has 4 fully saturated rings. The summed E-state index contributed by atoms with van der Waals surface area (Å²) in [4.78, 5) is 28.9. The summed E-state index contributed by atoms with van der Waals surface area (Å²) in [6.07, 6.45) is 4.81. The summed E-state index contributed by atoms with van der Waals surface area (Å²) in [7, 11) is 0. The summed E-state index contributed by atoms with van der Waals surface area (Å²) in [6.45, 7) is 2.14. The third-order valence-corrected chi connectivity index (χ3v) is 10.8. The molecular weight excluding hydrogens is 649 g/mol. The second kappa shape index (κ2) is 12.2. The van der Waals surface area contributed by atoms with Gasteiger partial charge >= 0.3 is 12.1 Å². The van der Waals surface area contributed by atoms with Crippen molar-refractivity contribution in [2.45, 2.75) is 68.7 Å². The number of primary amides is 1. The van der Waals surface area contributed by atoms with E-state index in [1.165, 1.54) is 6.20 Å². The quantitative estimate of drug-likeness (QED) is 0.223. The highest BCUT2D eigenvalue weighted by atomic mass is 35.5. The van der Waals surface area contributed by atoms with E-state index in [0.717, 1.165) is 31.4 Å². The van der Waals surface area contributed by atoms with Crippen molar-refractivity contribution in [2.75, 3.05) is 44.3 Å². The monoisotopic (exact) mass is 684 g/mol. The summed E-state index contributed by atoms with van der Waals surface area (Å²) in [5.74, 6) is -0.235. The molecule has 3 aliphatic heterocycles. The number of carbonyl (C=O) groups excluding carboxylic acids is 1. The van der Waals surface area contributed by atoms with Crippen LogP contribution < -0.4 is 15.4 Å². The lowest BCUT2D eigenvalue weighted by molar-refractivity contribution is 0.107. The number of H-pyrrole nitrogens is 1. The number of halogens is 4. The second-order valence-electron chi connectivity index (χ2n) is 13.6. The van der Waals surface area contributed by atoms with E-state index >= 15 is 4.39 Å². The summed E-state index contributed by atoms with van der Waals surface area (Å²) in [6, 6.07) is 1.72. The largest absolute Gasteiger partial charge is 0.461 e. The molecule has 1 saturated carbocycles. The van der Waals surface area contributed by atoms with E-state index in [2.05, 4.69) is 30.0 Å². The number of nitrogens with two attached hydrogens (primary N) is 1. The molecule has 0 unspecified atom stereocenters. The molecule has 48 heavy (non-hydrogen) atoms. The van der Waals surface area contributed by atoms with Crippen LogP contribution in [-0.2, 0) is 4.74 Å². The van der Waals surface area contributed by atoms with Crippen molar-refractivity contribution >= 4 is 45.3 Å². The van der Waals surface area contributed by atoms with E-state index in [-0.39, 0.29) is 48.8 Å². The van der Waals surface area contributed by atoms with Gasteiger partial charge in [-0.15, -0.1) is 0 Å². The topological polar surface area (TPSA) is 135 Å². The van der Waals surface area contributed by atoms with Gasteiger partial charge in [0.1, 0.15) is 36.0 Å². The number of nitrogens with one attached hydrogen (secondary N) is 1. The van der Waals surface area contributed by atoms with Crippen molar-refractivity contribution in [1.29, 1.82) is 0 Å². The van der Waals surface area contributed by atoms with Crippen molar-refractivity contribution < 1.29 is 27.4 Å². The number of aromatic amines is 1. The number of alkyl halides is 2. The van der Waals surface area contributed by atoms with Crippen molar-refractivity contribution in [3.05, 3.63) is 34.9 Å². The number of hydrogen-bond donors (Lipinski definition) is 2. The number of rotatable bonds is 9. The Morgan fingerprint density at radius 2 is 2.02 bits per heavy atom. The normalized spacial score (nSPS) is 27.1. The van der Waals surface area contributed by atoms with Gasteiger partial charge in [0.2, 0.25) is 0 Å². The Balaban J connectivity index is 1.22. The Hall–Kier alpha value is -3.91. The molecule has 254 valence electrons. The van der Waals surface area contributed by atoms with Crippen LogP contribution in [0.25, 0.3) is 33.1 Å². The van der Waals surface area contributed by atoms with Gasteiger partial charge in [0.05, 0.1) is 35.8 Å². The average Bonchev–Trinajstić information content (AvgIpc) is 3.31. The third kappa shape index (κ3) is 5.56. The first-order chi connectivity index (χ1) is 23.2. The standard InChI is InChI=1S/C33H36ClF3N8O3/c34-23-10-24-21(13-40-43-24)26(25(23)20-9-17(20)4-8-47-31(38)46)29-27(37)28-22(12-39-29)30(44-6-1-3-18(35)14-44)42-32(41-28)48-16-33-5-2-7-45(33)15-19(36)11-33/h10,12-13,17-20H,1-9,11,14-16H2,(H2,38,46)(H,40,43)/t17-,18-,19+,20+,33-/m0/s1. The maximum absolute atomic E-state index is 17.1. The van der Waals surface area contributed by atoms with E-state index in [4.69, 9.17) is 26.8 Å². The van der Waals surface area contributed by atoms with Gasteiger partial charge in [0.25, 0.3) is 0 Å². The molecule has 0 bridgehead atoms. The van der Waals surface area contributed by atoms with E-state index in [0.29, 0.717) is 71.5 Å². The summed E-state index contributed by atoms with van der Waals surface area (Å²) in [5, 5.41) is 8.53. The highest BCUT2D eigenvalue weighted by Gasteiger charge is 2.49. The zero-order chi connectivity index (χ0) is 33.2. The molecule has 4 aliphatic rings. The minimum absolute atomic E-state index is 0.0127. The molecule has 6 heterocycles. The van der Waals surface area contributed by atoms with E-state index in [1.54, 1.807) is 17.2 Å². The highest BCUT2D eigenvalue weighted by Crippen LogP contribution is 2.56. The second-order valence-corrected chi connectivity index (χ2v) is 14.0. The highest BCUT2D eigenvalue weighted by molar-refractivity contribution is 6.33. The fourth-order valence-electron chi connectivity index (χ4n) is 8.19. The van der Waals surface area contributed by atoms with Crippen LogP contribution in [0.4, 0.5) is 23.8 Å². The lowest BCUT2D eigenvalue weighted by atomic mass is 9.94. The van der Waals surface area contributed by atoms with Gasteiger partial charge in [-0.2, -0.15) is 15.1 Å². The Labute approximate surface area is 279 Å². The van der Waals surface area contributed by atoms with Crippen molar-refractivity contribution in [2.24, 2.45) is 11.7 Å². The molecule has 8 rings (SSSR count). The fraction of sp³-hybridized carbons (Fsp3) is 0.545. The molecule has 0 spiro atoms. The van der Waals surface area contributed by atoms with Crippen LogP contribution in [-0.4, -0.2) is 93.4 Å². The van der Waals surface area contributed by atoms with E-state index < -0.39 is 29.8 Å². The minimum atomic E-state index is -1.06. The molecule has 3 aromatic heterocycles. The molecule has 1 aromatic carbocycles. The first kappa shape index (κ1) is 31.4. The fourth-order valence-corrected chi connectivity index (χ4v) is 8.53. The Morgan fingerprint density at radius 3 is 2.85 bits per heavy atom. The van der Waals surface area contributed by atoms with Gasteiger partial charge in [0.15, 0.2) is 5.82 Å². The average molecular weight is 685 g/mol. The van der Waals surface area contributed by atoms with Crippen LogP contribution in [0.2, 0.25) is 5.02 Å². The molecule has 5 atom stereocenters. The molecule has 11 nitrogen and oxygen atoms in total. The number of aromatic nitrogens is 5. The number of benzene rings is 1. The van der Waals surface area contributed by atoms with Gasteiger partial charge in [-0.3, -0.25) is 15.0 Å². The van der Waals surface area contributed by atoms with Gasteiger partial charge in [0, 0.05) is 41.7 Å². The van der Waals surface area contributed by atoms with Crippen LogP contribution in [0.15, 0.2) is 18.5 Å². The molecular formula is C33H36ClF3N8O3. The van der Waals surface area contributed by atoms with Crippen LogP contribution >= 0.6 is 11.6 Å². The first-order valence-electron chi connectivity index (χ1n) is 16.6.